The van der Waals surface area contributed by atoms with E-state index in [9.17, 15) is 0 Å². The maximum atomic E-state index is 5.31. The Morgan fingerprint density at radius 1 is 0.609 bits per heavy atom. The molecule has 0 aromatic heterocycles. The lowest BCUT2D eigenvalue weighted by Gasteiger charge is -2.16. The molecule has 0 heterocycles. The zero-order valence-electron chi connectivity index (χ0n) is 29.4. The van der Waals surface area contributed by atoms with Crippen molar-refractivity contribution in [2.45, 2.75) is 118 Å². The molecular weight excluding hydrogens is 555 g/mol. The SMILES string of the molecule is CCCCCCCCc1cc(C=C(C)C(CC)=Nc2cc(C)c(-c3ccccc3)c(CCCCCC)c2)cc(-c2ccccc2)c1. The Kier molecular flexibility index (Phi) is 14.6. The summed E-state index contributed by atoms with van der Waals surface area (Å²) < 4.78 is 0. The summed E-state index contributed by atoms with van der Waals surface area (Å²) in [4.78, 5) is 5.31. The molecule has 0 aliphatic rings. The summed E-state index contributed by atoms with van der Waals surface area (Å²) >= 11 is 0. The standard InChI is InChI=1S/C45H57N/c1-6-9-11-13-14-17-23-37-31-38(33-42(32-37)39-24-19-15-20-25-39)29-35(4)44(8-3)46-43-30-36(5)45(40-26-21-16-22-27-40)41(34-43)28-18-12-10-7-2/h15-16,19-22,24-27,29-34H,6-14,17-18,23,28H2,1-5H3. The van der Waals surface area contributed by atoms with Gasteiger partial charge in [-0.1, -0.05) is 151 Å². The van der Waals surface area contributed by atoms with Gasteiger partial charge < -0.3 is 0 Å². The van der Waals surface area contributed by atoms with Crippen molar-refractivity contribution in [3.8, 4) is 22.3 Å². The van der Waals surface area contributed by atoms with Crippen molar-refractivity contribution in [1.82, 2.24) is 0 Å². The van der Waals surface area contributed by atoms with Crippen LogP contribution in [-0.4, -0.2) is 5.71 Å². The van der Waals surface area contributed by atoms with Crippen LogP contribution in [0.25, 0.3) is 28.3 Å². The Bertz CT molecular complexity index is 1540. The molecule has 1 nitrogen and oxygen atoms in total. The van der Waals surface area contributed by atoms with Crippen molar-refractivity contribution in [3.63, 3.8) is 0 Å². The van der Waals surface area contributed by atoms with Crippen molar-refractivity contribution in [1.29, 1.82) is 0 Å². The quantitative estimate of drug-likeness (QED) is 0.0784. The van der Waals surface area contributed by atoms with Crippen LogP contribution >= 0.6 is 0 Å². The van der Waals surface area contributed by atoms with Crippen LogP contribution in [0.3, 0.4) is 0 Å². The molecule has 0 saturated heterocycles. The first-order valence-electron chi connectivity index (χ1n) is 18.2. The van der Waals surface area contributed by atoms with Gasteiger partial charge >= 0.3 is 0 Å². The summed E-state index contributed by atoms with van der Waals surface area (Å²) in [6.45, 7) is 11.3. The number of hydrogen-bond donors (Lipinski definition) is 0. The van der Waals surface area contributed by atoms with E-state index < -0.39 is 0 Å². The third kappa shape index (κ3) is 10.7. The maximum Gasteiger partial charge on any atom is 0.0638 e. The number of allylic oxidation sites excluding steroid dienone is 1. The fourth-order valence-electron chi connectivity index (χ4n) is 6.65. The molecule has 4 aromatic carbocycles. The number of benzene rings is 4. The largest absolute Gasteiger partial charge is 0.253 e. The summed E-state index contributed by atoms with van der Waals surface area (Å²) in [7, 11) is 0. The molecule has 0 unspecified atom stereocenters. The number of nitrogens with zero attached hydrogens (tertiary/aromatic N) is 1. The summed E-state index contributed by atoms with van der Waals surface area (Å²) in [5.41, 5.74) is 14.2. The van der Waals surface area contributed by atoms with E-state index in [4.69, 9.17) is 4.99 Å². The average molecular weight is 612 g/mol. The van der Waals surface area contributed by atoms with Crippen LogP contribution in [0, 0.1) is 6.92 Å². The summed E-state index contributed by atoms with van der Waals surface area (Å²) in [6.07, 6.45) is 18.5. The molecule has 4 aromatic rings. The molecule has 4 rings (SSSR count). The first kappa shape index (κ1) is 35.1. The molecular formula is C45H57N. The zero-order chi connectivity index (χ0) is 32.6. The Morgan fingerprint density at radius 3 is 1.89 bits per heavy atom. The topological polar surface area (TPSA) is 12.4 Å². The van der Waals surface area contributed by atoms with Crippen LogP contribution in [0.1, 0.15) is 121 Å². The number of unbranched alkanes of at least 4 members (excludes halogenated alkanes) is 8. The number of rotatable bonds is 18. The van der Waals surface area contributed by atoms with Crippen LogP contribution in [0.5, 0.6) is 0 Å². The third-order valence-electron chi connectivity index (χ3n) is 9.14. The molecule has 0 aliphatic heterocycles. The van der Waals surface area contributed by atoms with Crippen molar-refractivity contribution in [2.75, 3.05) is 0 Å². The van der Waals surface area contributed by atoms with Gasteiger partial charge in [0.1, 0.15) is 0 Å². The average Bonchev–Trinajstić information content (AvgIpc) is 3.07. The van der Waals surface area contributed by atoms with E-state index in [-0.39, 0.29) is 0 Å². The molecule has 0 bridgehead atoms. The highest BCUT2D eigenvalue weighted by Crippen LogP contribution is 2.33. The molecule has 0 radical (unpaired) electrons. The lowest BCUT2D eigenvalue weighted by molar-refractivity contribution is 0.607. The van der Waals surface area contributed by atoms with E-state index in [1.54, 1.807) is 0 Å². The van der Waals surface area contributed by atoms with Crippen LogP contribution < -0.4 is 0 Å². The molecule has 0 aliphatic carbocycles. The summed E-state index contributed by atoms with van der Waals surface area (Å²) in [5, 5.41) is 0. The molecule has 1 heteroatoms. The van der Waals surface area contributed by atoms with Crippen molar-refractivity contribution < 1.29 is 0 Å². The van der Waals surface area contributed by atoms with Gasteiger partial charge in [0.25, 0.3) is 0 Å². The minimum atomic E-state index is 0.899. The highest BCUT2D eigenvalue weighted by Gasteiger charge is 2.12. The molecule has 0 atom stereocenters. The van der Waals surface area contributed by atoms with E-state index in [0.717, 1.165) is 30.7 Å². The van der Waals surface area contributed by atoms with E-state index >= 15 is 0 Å². The van der Waals surface area contributed by atoms with Gasteiger partial charge in [0.2, 0.25) is 0 Å². The maximum absolute atomic E-state index is 5.31. The Balaban J connectivity index is 1.64. The first-order valence-corrected chi connectivity index (χ1v) is 18.2. The minimum Gasteiger partial charge on any atom is -0.253 e. The van der Waals surface area contributed by atoms with Crippen LogP contribution in [-0.2, 0) is 12.8 Å². The van der Waals surface area contributed by atoms with E-state index in [1.165, 1.54) is 114 Å². The van der Waals surface area contributed by atoms with Gasteiger partial charge in [0.15, 0.2) is 0 Å². The fraction of sp³-hybridized carbons (Fsp3) is 0.400. The van der Waals surface area contributed by atoms with Gasteiger partial charge in [-0.15, -0.1) is 0 Å². The summed E-state index contributed by atoms with van der Waals surface area (Å²) in [5.74, 6) is 0. The van der Waals surface area contributed by atoms with Gasteiger partial charge in [-0.05, 0) is 114 Å². The Hall–Kier alpha value is -3.71. The first-order chi connectivity index (χ1) is 22.5. The highest BCUT2D eigenvalue weighted by molar-refractivity contribution is 6.04. The number of aryl methyl sites for hydroxylation is 3. The second-order valence-electron chi connectivity index (χ2n) is 13.1. The predicted octanol–water partition coefficient (Wildman–Crippen LogP) is 13.9. The van der Waals surface area contributed by atoms with Crippen molar-refractivity contribution >= 4 is 17.5 Å². The molecule has 0 saturated carbocycles. The number of hydrogen-bond acceptors (Lipinski definition) is 1. The smallest absolute Gasteiger partial charge is 0.0638 e. The minimum absolute atomic E-state index is 0.899. The fourth-order valence-corrected chi connectivity index (χ4v) is 6.65. The molecule has 242 valence electrons. The van der Waals surface area contributed by atoms with E-state index in [0.29, 0.717) is 0 Å². The van der Waals surface area contributed by atoms with Crippen LogP contribution in [0.15, 0.2) is 102 Å². The second kappa shape index (κ2) is 19.1. The van der Waals surface area contributed by atoms with Crippen LogP contribution in [0.2, 0.25) is 0 Å². The third-order valence-corrected chi connectivity index (χ3v) is 9.14. The zero-order valence-corrected chi connectivity index (χ0v) is 29.4. The highest BCUT2D eigenvalue weighted by atomic mass is 14.7. The Labute approximate surface area is 280 Å². The molecule has 0 amide bonds. The van der Waals surface area contributed by atoms with E-state index in [2.05, 4.69) is 132 Å². The van der Waals surface area contributed by atoms with E-state index in [1.807, 2.05) is 0 Å². The monoisotopic (exact) mass is 611 g/mol. The Morgan fingerprint density at radius 2 is 1.22 bits per heavy atom. The summed E-state index contributed by atoms with van der Waals surface area (Å²) in [6, 6.07) is 33.5. The van der Waals surface area contributed by atoms with Gasteiger partial charge in [-0.25, -0.2) is 0 Å². The van der Waals surface area contributed by atoms with Crippen LogP contribution in [0.4, 0.5) is 5.69 Å². The van der Waals surface area contributed by atoms with Crippen molar-refractivity contribution in [3.05, 3.63) is 119 Å². The van der Waals surface area contributed by atoms with Gasteiger partial charge in [-0.2, -0.15) is 0 Å². The number of aliphatic imine (C=N–C) groups is 1. The van der Waals surface area contributed by atoms with Crippen molar-refractivity contribution in [2.24, 2.45) is 4.99 Å². The van der Waals surface area contributed by atoms with Gasteiger partial charge in [-0.3, -0.25) is 4.99 Å². The van der Waals surface area contributed by atoms with Gasteiger partial charge in [0.05, 0.1) is 5.69 Å². The predicted molar refractivity (Wildman–Crippen MR) is 204 cm³/mol. The lowest BCUT2D eigenvalue weighted by Crippen LogP contribution is -1.99. The molecule has 0 N–H and O–H groups in total. The molecule has 0 spiro atoms. The van der Waals surface area contributed by atoms with Gasteiger partial charge in [0, 0.05) is 5.71 Å². The molecule has 46 heavy (non-hydrogen) atoms. The normalized spacial score (nSPS) is 12.1. The second-order valence-corrected chi connectivity index (χ2v) is 13.1. The lowest BCUT2D eigenvalue weighted by atomic mass is 9.91. The molecule has 0 fully saturated rings.